The van der Waals surface area contributed by atoms with Crippen molar-refractivity contribution >= 4 is 40.6 Å². The highest BCUT2D eigenvalue weighted by Gasteiger charge is 2.18. The molecule has 0 aliphatic carbocycles. The Morgan fingerprint density at radius 1 is 0.846 bits per heavy atom. The van der Waals surface area contributed by atoms with E-state index in [1.807, 2.05) is 0 Å². The van der Waals surface area contributed by atoms with Gasteiger partial charge in [0.15, 0.2) is 5.78 Å². The van der Waals surface area contributed by atoms with Crippen LogP contribution in [-0.2, 0) is 0 Å². The Morgan fingerprint density at radius 3 is 2.35 bits per heavy atom. The second-order valence-electron chi connectivity index (χ2n) is 5.46. The molecule has 3 rings (SSSR count). The van der Waals surface area contributed by atoms with Gasteiger partial charge in [0.1, 0.15) is 5.82 Å². The van der Waals surface area contributed by atoms with Gasteiger partial charge in [0.25, 0.3) is 5.91 Å². The van der Waals surface area contributed by atoms with Crippen LogP contribution >= 0.6 is 23.2 Å². The molecule has 3 aromatic carbocycles. The summed E-state index contributed by atoms with van der Waals surface area (Å²) in [6.45, 7) is 0. The lowest BCUT2D eigenvalue weighted by molar-refractivity contribution is 0.102. The number of rotatable bonds is 4. The Balaban J connectivity index is 1.97. The third-order valence-corrected chi connectivity index (χ3v) is 4.24. The molecule has 0 atom stereocenters. The quantitative estimate of drug-likeness (QED) is 0.590. The summed E-state index contributed by atoms with van der Waals surface area (Å²) in [6, 6.07) is 16.4. The minimum atomic E-state index is -0.542. The lowest BCUT2D eigenvalue weighted by Gasteiger charge is -2.12. The maximum atomic E-state index is 13.3. The van der Waals surface area contributed by atoms with Crippen LogP contribution < -0.4 is 5.32 Å². The number of halogens is 3. The molecule has 130 valence electrons. The summed E-state index contributed by atoms with van der Waals surface area (Å²) in [5.74, 6) is -1.45. The highest BCUT2D eigenvalue weighted by atomic mass is 35.5. The second kappa shape index (κ2) is 7.68. The van der Waals surface area contributed by atoms with Crippen LogP contribution in [0, 0.1) is 5.82 Å². The van der Waals surface area contributed by atoms with Crippen molar-refractivity contribution < 1.29 is 14.0 Å². The van der Waals surface area contributed by atoms with Gasteiger partial charge < -0.3 is 5.32 Å². The molecule has 0 saturated carbocycles. The van der Waals surface area contributed by atoms with Gasteiger partial charge >= 0.3 is 0 Å². The molecule has 0 unspecified atom stereocenters. The summed E-state index contributed by atoms with van der Waals surface area (Å²) in [4.78, 5) is 25.2. The molecule has 0 spiro atoms. The van der Waals surface area contributed by atoms with E-state index in [-0.39, 0.29) is 28.2 Å². The van der Waals surface area contributed by atoms with Gasteiger partial charge in [-0.15, -0.1) is 0 Å². The summed E-state index contributed by atoms with van der Waals surface area (Å²) in [6.07, 6.45) is 0. The summed E-state index contributed by atoms with van der Waals surface area (Å²) < 4.78 is 13.3. The van der Waals surface area contributed by atoms with E-state index in [0.29, 0.717) is 10.0 Å². The van der Waals surface area contributed by atoms with Crippen molar-refractivity contribution in [3.8, 4) is 0 Å². The number of hydrogen-bond acceptors (Lipinski definition) is 2. The maximum absolute atomic E-state index is 13.3. The average molecular weight is 388 g/mol. The molecule has 1 N–H and O–H groups in total. The van der Waals surface area contributed by atoms with E-state index in [4.69, 9.17) is 23.2 Å². The standard InChI is InChI=1S/C20H12Cl2FNO2/c21-13-8-9-18(24-20(26)12-4-3-5-14(23)10-12)16(11-13)19(25)15-6-1-2-7-17(15)22/h1-11H,(H,24,26). The van der Waals surface area contributed by atoms with Crippen molar-refractivity contribution in [3.63, 3.8) is 0 Å². The average Bonchev–Trinajstić information content (AvgIpc) is 2.63. The minimum Gasteiger partial charge on any atom is -0.321 e. The fourth-order valence-corrected chi connectivity index (χ4v) is 2.82. The highest BCUT2D eigenvalue weighted by molar-refractivity contribution is 6.36. The van der Waals surface area contributed by atoms with Crippen LogP contribution in [-0.4, -0.2) is 11.7 Å². The first-order chi connectivity index (χ1) is 12.5. The van der Waals surface area contributed by atoms with Crippen LogP contribution in [0.3, 0.4) is 0 Å². The zero-order chi connectivity index (χ0) is 18.7. The van der Waals surface area contributed by atoms with Gasteiger partial charge in [-0.3, -0.25) is 9.59 Å². The molecular weight excluding hydrogens is 376 g/mol. The number of nitrogens with one attached hydrogen (secondary N) is 1. The van der Waals surface area contributed by atoms with Crippen molar-refractivity contribution in [1.82, 2.24) is 0 Å². The first kappa shape index (κ1) is 18.1. The monoisotopic (exact) mass is 387 g/mol. The Labute approximate surface area is 159 Å². The summed E-state index contributed by atoms with van der Waals surface area (Å²) in [7, 11) is 0. The smallest absolute Gasteiger partial charge is 0.255 e. The largest absolute Gasteiger partial charge is 0.321 e. The molecule has 1 amide bonds. The van der Waals surface area contributed by atoms with Crippen molar-refractivity contribution in [3.05, 3.63) is 99.3 Å². The predicted molar refractivity (Wildman–Crippen MR) is 101 cm³/mol. The zero-order valence-electron chi connectivity index (χ0n) is 13.3. The maximum Gasteiger partial charge on any atom is 0.255 e. The molecule has 0 radical (unpaired) electrons. The van der Waals surface area contributed by atoms with E-state index < -0.39 is 11.7 Å². The van der Waals surface area contributed by atoms with Crippen LogP contribution in [0.15, 0.2) is 66.7 Å². The second-order valence-corrected chi connectivity index (χ2v) is 6.31. The number of carbonyl (C=O) groups is 2. The van der Waals surface area contributed by atoms with Crippen molar-refractivity contribution in [2.75, 3.05) is 5.32 Å². The Morgan fingerprint density at radius 2 is 1.62 bits per heavy atom. The van der Waals surface area contributed by atoms with E-state index >= 15 is 0 Å². The van der Waals surface area contributed by atoms with Gasteiger partial charge in [-0.05, 0) is 48.5 Å². The van der Waals surface area contributed by atoms with Gasteiger partial charge in [0.05, 0.1) is 10.7 Å². The SMILES string of the molecule is O=C(Nc1ccc(Cl)cc1C(=O)c1ccccc1Cl)c1cccc(F)c1. The summed E-state index contributed by atoms with van der Waals surface area (Å²) in [5, 5.41) is 3.25. The van der Waals surface area contributed by atoms with E-state index in [1.54, 1.807) is 30.3 Å². The van der Waals surface area contributed by atoms with E-state index in [0.717, 1.165) is 6.07 Å². The molecule has 0 fully saturated rings. The fraction of sp³-hybridized carbons (Fsp3) is 0. The van der Waals surface area contributed by atoms with E-state index in [1.165, 1.54) is 30.3 Å². The Bertz CT molecular complexity index is 1000. The third-order valence-electron chi connectivity index (χ3n) is 3.68. The normalized spacial score (nSPS) is 10.4. The molecule has 6 heteroatoms. The molecule has 0 heterocycles. The zero-order valence-corrected chi connectivity index (χ0v) is 14.8. The highest BCUT2D eigenvalue weighted by Crippen LogP contribution is 2.27. The number of carbonyl (C=O) groups excluding carboxylic acids is 2. The lowest BCUT2D eigenvalue weighted by atomic mass is 10.0. The molecule has 3 nitrogen and oxygen atoms in total. The van der Waals surface area contributed by atoms with Crippen LogP contribution in [0.2, 0.25) is 10.0 Å². The lowest BCUT2D eigenvalue weighted by Crippen LogP contribution is -2.15. The number of ketones is 1. The number of anilines is 1. The molecule has 26 heavy (non-hydrogen) atoms. The van der Waals surface area contributed by atoms with Crippen LogP contribution in [0.4, 0.5) is 10.1 Å². The van der Waals surface area contributed by atoms with Gasteiger partial charge in [0.2, 0.25) is 0 Å². The third kappa shape index (κ3) is 3.93. The summed E-state index contributed by atoms with van der Waals surface area (Å²) in [5.41, 5.74) is 0.873. The molecule has 3 aromatic rings. The first-order valence-corrected chi connectivity index (χ1v) is 8.37. The molecule has 0 aromatic heterocycles. The first-order valence-electron chi connectivity index (χ1n) is 7.61. The topological polar surface area (TPSA) is 46.2 Å². The van der Waals surface area contributed by atoms with E-state index in [9.17, 15) is 14.0 Å². The number of benzene rings is 3. The Kier molecular flexibility index (Phi) is 5.35. The number of amides is 1. The predicted octanol–water partition coefficient (Wildman–Crippen LogP) is 5.62. The van der Waals surface area contributed by atoms with Crippen molar-refractivity contribution in [2.24, 2.45) is 0 Å². The molecule has 0 aliphatic heterocycles. The van der Waals surface area contributed by atoms with Crippen molar-refractivity contribution in [1.29, 1.82) is 0 Å². The van der Waals surface area contributed by atoms with Crippen LogP contribution in [0.5, 0.6) is 0 Å². The van der Waals surface area contributed by atoms with Crippen LogP contribution in [0.1, 0.15) is 26.3 Å². The number of hydrogen-bond donors (Lipinski definition) is 1. The molecular formula is C20H12Cl2FNO2. The van der Waals surface area contributed by atoms with Gasteiger partial charge in [-0.25, -0.2) is 4.39 Å². The van der Waals surface area contributed by atoms with Crippen LogP contribution in [0.25, 0.3) is 0 Å². The van der Waals surface area contributed by atoms with Crippen molar-refractivity contribution in [2.45, 2.75) is 0 Å². The summed E-state index contributed by atoms with van der Waals surface area (Å²) >= 11 is 12.1. The minimum absolute atomic E-state index is 0.135. The Hall–Kier alpha value is -2.69. The molecule has 0 aliphatic rings. The molecule has 0 saturated heterocycles. The van der Waals surface area contributed by atoms with E-state index in [2.05, 4.69) is 5.32 Å². The van der Waals surface area contributed by atoms with Gasteiger partial charge in [-0.2, -0.15) is 0 Å². The molecule has 0 bridgehead atoms. The van der Waals surface area contributed by atoms with Gasteiger partial charge in [-0.1, -0.05) is 41.4 Å². The van der Waals surface area contributed by atoms with Gasteiger partial charge in [0, 0.05) is 21.7 Å². The fourth-order valence-electron chi connectivity index (χ4n) is 2.43.